The Hall–Kier alpha value is -2.60. The number of non-ortho nitro benzene ring substituents is 1. The number of sulfonamides is 1. The van der Waals surface area contributed by atoms with Gasteiger partial charge in [-0.25, -0.2) is 17.8 Å². The number of hydrogen-bond donors (Lipinski definition) is 0. The number of nitro benzene ring substituents is 1. The average Bonchev–Trinajstić information content (AvgIpc) is 3.26. The van der Waals surface area contributed by atoms with Crippen LogP contribution in [0, 0.1) is 15.9 Å². The van der Waals surface area contributed by atoms with Crippen LogP contribution >= 0.6 is 22.9 Å². The molecule has 0 radical (unpaired) electrons. The molecule has 0 aliphatic carbocycles. The van der Waals surface area contributed by atoms with Crippen LogP contribution in [0.4, 0.5) is 15.2 Å². The van der Waals surface area contributed by atoms with Gasteiger partial charge in [-0.2, -0.15) is 4.31 Å². The van der Waals surface area contributed by atoms with Crippen molar-refractivity contribution in [2.75, 3.05) is 31.1 Å². The second-order valence-corrected chi connectivity index (χ2v) is 9.97. The van der Waals surface area contributed by atoms with Crippen molar-refractivity contribution >= 4 is 43.8 Å². The average molecular weight is 483 g/mol. The van der Waals surface area contributed by atoms with Gasteiger partial charge in [0.15, 0.2) is 5.13 Å². The van der Waals surface area contributed by atoms with E-state index in [1.165, 1.54) is 52.0 Å². The summed E-state index contributed by atoms with van der Waals surface area (Å²) in [6.45, 7) is 1.38. The minimum Gasteiger partial charge on any atom is -0.345 e. The molecule has 1 saturated heterocycles. The van der Waals surface area contributed by atoms with Crippen LogP contribution in [0.15, 0.2) is 52.7 Å². The predicted octanol–water partition coefficient (Wildman–Crippen LogP) is 4.02. The Morgan fingerprint density at radius 1 is 1.10 bits per heavy atom. The largest absolute Gasteiger partial charge is 0.345 e. The molecule has 8 nitrogen and oxygen atoms in total. The fourth-order valence-corrected chi connectivity index (χ4v) is 5.63. The van der Waals surface area contributed by atoms with Crippen molar-refractivity contribution in [3.63, 3.8) is 0 Å². The second-order valence-electron chi connectivity index (χ2n) is 6.79. The maximum Gasteiger partial charge on any atom is 0.269 e. The number of benzene rings is 2. The monoisotopic (exact) mass is 482 g/mol. The van der Waals surface area contributed by atoms with Crippen molar-refractivity contribution in [1.82, 2.24) is 9.29 Å². The van der Waals surface area contributed by atoms with E-state index in [0.717, 1.165) is 5.13 Å². The summed E-state index contributed by atoms with van der Waals surface area (Å²) in [5.41, 5.74) is 1.07. The highest BCUT2D eigenvalue weighted by molar-refractivity contribution is 7.89. The first-order chi connectivity index (χ1) is 14.8. The van der Waals surface area contributed by atoms with Crippen molar-refractivity contribution in [2.45, 2.75) is 4.90 Å². The lowest BCUT2D eigenvalue weighted by atomic mass is 10.2. The fourth-order valence-electron chi connectivity index (χ4n) is 3.21. The van der Waals surface area contributed by atoms with E-state index in [1.54, 1.807) is 6.07 Å². The van der Waals surface area contributed by atoms with Crippen LogP contribution in [-0.2, 0) is 10.0 Å². The minimum atomic E-state index is -3.74. The summed E-state index contributed by atoms with van der Waals surface area (Å²) >= 11 is 7.12. The van der Waals surface area contributed by atoms with Crippen molar-refractivity contribution < 1.29 is 17.7 Å². The van der Waals surface area contributed by atoms with Gasteiger partial charge in [0, 0.05) is 49.3 Å². The number of halogens is 2. The molecule has 0 amide bonds. The van der Waals surface area contributed by atoms with Crippen LogP contribution in [0.25, 0.3) is 11.3 Å². The van der Waals surface area contributed by atoms with Gasteiger partial charge in [0.25, 0.3) is 5.69 Å². The zero-order chi connectivity index (χ0) is 22.2. The summed E-state index contributed by atoms with van der Waals surface area (Å²) in [6.07, 6.45) is 0. The summed E-state index contributed by atoms with van der Waals surface area (Å²) in [5.74, 6) is -0.515. The van der Waals surface area contributed by atoms with E-state index in [4.69, 9.17) is 11.6 Å². The van der Waals surface area contributed by atoms with Gasteiger partial charge in [0.2, 0.25) is 10.0 Å². The number of thiazole rings is 1. The third-order valence-electron chi connectivity index (χ3n) is 4.90. The summed E-state index contributed by atoms with van der Waals surface area (Å²) < 4.78 is 40.8. The lowest BCUT2D eigenvalue weighted by molar-refractivity contribution is -0.384. The van der Waals surface area contributed by atoms with Crippen LogP contribution in [0.1, 0.15) is 0 Å². The molecule has 12 heteroatoms. The number of anilines is 1. The van der Waals surface area contributed by atoms with Crippen molar-refractivity contribution in [3.05, 3.63) is 68.8 Å². The summed E-state index contributed by atoms with van der Waals surface area (Å²) in [6, 6.07) is 9.36. The highest BCUT2D eigenvalue weighted by atomic mass is 35.5. The SMILES string of the molecule is O=[N+]([O-])c1ccc(S(=O)(=O)N2CCN(c3nc(-c4ccc(Cl)c(F)c4)cs3)CC2)cc1. The molecule has 4 rings (SSSR count). The van der Waals surface area contributed by atoms with Gasteiger partial charge in [-0.1, -0.05) is 17.7 Å². The molecule has 3 aromatic rings. The lowest BCUT2D eigenvalue weighted by Crippen LogP contribution is -2.48. The third kappa shape index (κ3) is 4.40. The molecule has 1 aliphatic heterocycles. The number of rotatable bonds is 5. The molecule has 162 valence electrons. The van der Waals surface area contributed by atoms with Crippen LogP contribution in [0.2, 0.25) is 5.02 Å². The standard InChI is InChI=1S/C19H16ClFN4O4S2/c20-16-6-1-13(11-17(16)21)18-12-30-19(22-18)23-7-9-24(10-8-23)31(28,29)15-4-2-14(3-5-15)25(26)27/h1-6,11-12H,7-10H2. The van der Waals surface area contributed by atoms with E-state index in [-0.39, 0.29) is 28.7 Å². The Balaban J connectivity index is 1.44. The molecule has 0 bridgehead atoms. The summed E-state index contributed by atoms with van der Waals surface area (Å²) in [5, 5.41) is 13.4. The van der Waals surface area contributed by atoms with E-state index in [2.05, 4.69) is 4.98 Å². The first kappa shape index (κ1) is 21.6. The zero-order valence-corrected chi connectivity index (χ0v) is 18.3. The van der Waals surface area contributed by atoms with Gasteiger partial charge in [0.05, 0.1) is 20.5 Å². The molecule has 2 heterocycles. The molecule has 2 aromatic carbocycles. The predicted molar refractivity (Wildman–Crippen MR) is 117 cm³/mol. The van der Waals surface area contributed by atoms with E-state index in [1.807, 2.05) is 10.3 Å². The van der Waals surface area contributed by atoms with E-state index in [0.29, 0.717) is 24.3 Å². The molecular weight excluding hydrogens is 467 g/mol. The van der Waals surface area contributed by atoms with Gasteiger partial charge in [-0.15, -0.1) is 11.3 Å². The van der Waals surface area contributed by atoms with E-state index in [9.17, 15) is 22.9 Å². The lowest BCUT2D eigenvalue weighted by Gasteiger charge is -2.33. The van der Waals surface area contributed by atoms with Crippen LogP contribution < -0.4 is 4.90 Å². The minimum absolute atomic E-state index is 0.0212. The third-order valence-corrected chi connectivity index (χ3v) is 8.02. The molecule has 1 aliphatic rings. The quantitative estimate of drug-likeness (QED) is 0.402. The number of nitro groups is 1. The molecule has 0 atom stereocenters. The Morgan fingerprint density at radius 2 is 1.77 bits per heavy atom. The molecule has 1 fully saturated rings. The van der Waals surface area contributed by atoms with Gasteiger partial charge >= 0.3 is 0 Å². The molecule has 0 saturated carbocycles. The molecule has 31 heavy (non-hydrogen) atoms. The number of nitrogens with zero attached hydrogens (tertiary/aromatic N) is 4. The smallest absolute Gasteiger partial charge is 0.269 e. The van der Waals surface area contributed by atoms with Crippen LogP contribution in [-0.4, -0.2) is 48.8 Å². The highest BCUT2D eigenvalue weighted by Gasteiger charge is 2.29. The molecule has 0 spiro atoms. The van der Waals surface area contributed by atoms with Gasteiger partial charge < -0.3 is 4.90 Å². The Bertz CT molecular complexity index is 1230. The summed E-state index contributed by atoms with van der Waals surface area (Å²) in [7, 11) is -3.74. The number of piperazine rings is 1. The van der Waals surface area contributed by atoms with Gasteiger partial charge in [-0.05, 0) is 24.3 Å². The molecule has 0 N–H and O–H groups in total. The van der Waals surface area contributed by atoms with E-state index >= 15 is 0 Å². The zero-order valence-electron chi connectivity index (χ0n) is 15.9. The first-order valence-corrected chi connectivity index (χ1v) is 11.9. The maximum absolute atomic E-state index is 13.7. The Kier molecular flexibility index (Phi) is 5.93. The molecule has 0 unspecified atom stereocenters. The normalized spacial score (nSPS) is 15.2. The Labute approximate surface area is 186 Å². The van der Waals surface area contributed by atoms with Gasteiger partial charge in [0.1, 0.15) is 5.82 Å². The van der Waals surface area contributed by atoms with Crippen molar-refractivity contribution in [1.29, 1.82) is 0 Å². The van der Waals surface area contributed by atoms with Crippen molar-refractivity contribution in [3.8, 4) is 11.3 Å². The van der Waals surface area contributed by atoms with Crippen molar-refractivity contribution in [2.24, 2.45) is 0 Å². The molecular formula is C19H16ClFN4O4S2. The summed E-state index contributed by atoms with van der Waals surface area (Å²) in [4.78, 5) is 16.7. The number of hydrogen-bond acceptors (Lipinski definition) is 7. The van der Waals surface area contributed by atoms with Gasteiger partial charge in [-0.3, -0.25) is 10.1 Å². The Morgan fingerprint density at radius 3 is 2.39 bits per heavy atom. The highest BCUT2D eigenvalue weighted by Crippen LogP contribution is 2.30. The first-order valence-electron chi connectivity index (χ1n) is 9.16. The molecule has 1 aromatic heterocycles. The number of aromatic nitrogens is 1. The van der Waals surface area contributed by atoms with Crippen LogP contribution in [0.5, 0.6) is 0 Å². The van der Waals surface area contributed by atoms with Crippen LogP contribution in [0.3, 0.4) is 0 Å². The van der Waals surface area contributed by atoms with E-state index < -0.39 is 20.8 Å². The fraction of sp³-hybridized carbons (Fsp3) is 0.211. The second kappa shape index (κ2) is 8.50. The topological polar surface area (TPSA) is 96.6 Å². The maximum atomic E-state index is 13.7.